The van der Waals surface area contributed by atoms with Crippen LogP contribution in [0.2, 0.25) is 0 Å². The van der Waals surface area contributed by atoms with Crippen LogP contribution in [-0.2, 0) is 13.1 Å². The molecule has 0 aliphatic carbocycles. The van der Waals surface area contributed by atoms with Gasteiger partial charge in [-0.25, -0.2) is 4.68 Å². The number of anilines is 1. The summed E-state index contributed by atoms with van der Waals surface area (Å²) >= 11 is 0. The van der Waals surface area contributed by atoms with E-state index in [0.29, 0.717) is 18.4 Å². The van der Waals surface area contributed by atoms with Crippen molar-refractivity contribution in [2.24, 2.45) is 5.92 Å². The lowest BCUT2D eigenvalue weighted by atomic mass is 10.2. The maximum Gasteiger partial charge on any atom is 0.234 e. The molecule has 0 fully saturated rings. The summed E-state index contributed by atoms with van der Waals surface area (Å²) in [4.78, 5) is 11.1. The van der Waals surface area contributed by atoms with Crippen LogP contribution in [-0.4, -0.2) is 26.4 Å². The van der Waals surface area contributed by atoms with Crippen LogP contribution in [0, 0.1) is 5.92 Å². The van der Waals surface area contributed by atoms with E-state index < -0.39 is 0 Å². The average Bonchev–Trinajstić information content (AvgIpc) is 3.21. The molecule has 0 radical (unpaired) electrons. The zero-order valence-electron chi connectivity index (χ0n) is 14.5. The lowest BCUT2D eigenvalue weighted by Gasteiger charge is -2.17. The van der Waals surface area contributed by atoms with Gasteiger partial charge in [-0.3, -0.25) is 4.98 Å². The molecule has 2 aromatic heterocycles. The predicted molar refractivity (Wildman–Crippen MR) is 95.8 cm³/mol. The van der Waals surface area contributed by atoms with E-state index in [4.69, 9.17) is 4.74 Å². The normalized spacial score (nSPS) is 13.3. The smallest absolute Gasteiger partial charge is 0.234 e. The van der Waals surface area contributed by atoms with E-state index in [0.717, 1.165) is 24.6 Å². The predicted octanol–water partition coefficient (Wildman–Crippen LogP) is 3.22. The van der Waals surface area contributed by atoms with Gasteiger partial charge in [0, 0.05) is 12.1 Å². The number of para-hydroxylation sites is 1. The largest absolute Gasteiger partial charge is 0.476 e. The summed E-state index contributed by atoms with van der Waals surface area (Å²) in [5, 5.41) is 4.53. The van der Waals surface area contributed by atoms with Gasteiger partial charge < -0.3 is 9.64 Å². The standard InChI is InChI=1S/C19H21N5O/c1-14(2)13-25-19-10-20-9-18(22-19)23-11-15-8-21-24(17(15)12-23)16-6-4-3-5-7-16/h3-10,14H,11-13H2,1-2H3. The third-order valence-corrected chi connectivity index (χ3v) is 4.15. The highest BCUT2D eigenvalue weighted by molar-refractivity contribution is 5.46. The molecule has 25 heavy (non-hydrogen) atoms. The summed E-state index contributed by atoms with van der Waals surface area (Å²) in [6.45, 7) is 6.41. The Morgan fingerprint density at radius 1 is 1.08 bits per heavy atom. The zero-order valence-corrected chi connectivity index (χ0v) is 14.5. The molecule has 4 rings (SSSR count). The molecule has 128 valence electrons. The van der Waals surface area contributed by atoms with Crippen LogP contribution >= 0.6 is 0 Å². The fourth-order valence-corrected chi connectivity index (χ4v) is 2.92. The fourth-order valence-electron chi connectivity index (χ4n) is 2.92. The molecular formula is C19H21N5O. The fraction of sp³-hybridized carbons (Fsp3) is 0.316. The number of hydrogen-bond acceptors (Lipinski definition) is 5. The van der Waals surface area contributed by atoms with E-state index >= 15 is 0 Å². The topological polar surface area (TPSA) is 56.1 Å². The molecule has 0 unspecified atom stereocenters. The van der Waals surface area contributed by atoms with Crippen molar-refractivity contribution in [2.75, 3.05) is 11.5 Å². The SMILES string of the molecule is CC(C)COc1cncc(N2Cc3cnn(-c4ccccc4)c3C2)n1. The van der Waals surface area contributed by atoms with Gasteiger partial charge in [0.25, 0.3) is 0 Å². The van der Waals surface area contributed by atoms with E-state index in [1.165, 1.54) is 11.3 Å². The van der Waals surface area contributed by atoms with Crippen LogP contribution < -0.4 is 9.64 Å². The first kappa shape index (κ1) is 15.6. The summed E-state index contributed by atoms with van der Waals surface area (Å²) < 4.78 is 7.70. The highest BCUT2D eigenvalue weighted by atomic mass is 16.5. The quantitative estimate of drug-likeness (QED) is 0.716. The Labute approximate surface area is 147 Å². The van der Waals surface area contributed by atoms with Crippen molar-refractivity contribution in [1.29, 1.82) is 0 Å². The minimum absolute atomic E-state index is 0.457. The molecule has 0 N–H and O–H groups in total. The molecule has 3 aromatic rings. The second-order valence-electron chi connectivity index (χ2n) is 6.64. The number of fused-ring (bicyclic) bond motifs is 1. The van der Waals surface area contributed by atoms with Crippen LogP contribution in [0.1, 0.15) is 25.1 Å². The Morgan fingerprint density at radius 3 is 2.72 bits per heavy atom. The molecule has 0 saturated carbocycles. The van der Waals surface area contributed by atoms with Crippen LogP contribution in [0.4, 0.5) is 5.82 Å². The van der Waals surface area contributed by atoms with Gasteiger partial charge in [-0.05, 0) is 18.1 Å². The van der Waals surface area contributed by atoms with E-state index in [1.807, 2.05) is 29.1 Å². The third kappa shape index (κ3) is 3.20. The second kappa shape index (κ2) is 6.55. The number of hydrogen-bond donors (Lipinski definition) is 0. The van der Waals surface area contributed by atoms with Crippen LogP contribution in [0.25, 0.3) is 5.69 Å². The van der Waals surface area contributed by atoms with Crippen molar-refractivity contribution < 1.29 is 4.74 Å². The van der Waals surface area contributed by atoms with Crippen molar-refractivity contribution in [3.63, 3.8) is 0 Å². The minimum atomic E-state index is 0.457. The summed E-state index contributed by atoms with van der Waals surface area (Å²) in [7, 11) is 0. The first-order valence-corrected chi connectivity index (χ1v) is 8.51. The molecule has 0 spiro atoms. The average molecular weight is 335 g/mol. The van der Waals surface area contributed by atoms with E-state index in [2.05, 4.69) is 45.9 Å². The van der Waals surface area contributed by atoms with Gasteiger partial charge in [-0.1, -0.05) is 32.0 Å². The number of benzene rings is 1. The first-order valence-electron chi connectivity index (χ1n) is 8.51. The van der Waals surface area contributed by atoms with Crippen molar-refractivity contribution >= 4 is 5.82 Å². The van der Waals surface area contributed by atoms with E-state index in [1.54, 1.807) is 12.4 Å². The summed E-state index contributed by atoms with van der Waals surface area (Å²) in [6.07, 6.45) is 5.39. The van der Waals surface area contributed by atoms with Gasteiger partial charge in [0.1, 0.15) is 0 Å². The molecular weight excluding hydrogens is 314 g/mol. The molecule has 0 amide bonds. The molecule has 6 nitrogen and oxygen atoms in total. The van der Waals surface area contributed by atoms with Gasteiger partial charge in [0.2, 0.25) is 5.88 Å². The monoisotopic (exact) mass is 335 g/mol. The Balaban J connectivity index is 1.54. The first-order chi connectivity index (χ1) is 12.2. The summed E-state index contributed by atoms with van der Waals surface area (Å²) in [5.41, 5.74) is 3.49. The molecule has 3 heterocycles. The van der Waals surface area contributed by atoms with Gasteiger partial charge in [-0.2, -0.15) is 10.1 Å². The highest BCUT2D eigenvalue weighted by Gasteiger charge is 2.25. The van der Waals surface area contributed by atoms with Crippen molar-refractivity contribution in [3.05, 3.63) is 60.2 Å². The summed E-state index contributed by atoms with van der Waals surface area (Å²) in [5.74, 6) is 1.86. The number of aromatic nitrogens is 4. The van der Waals surface area contributed by atoms with E-state index in [-0.39, 0.29) is 0 Å². The Bertz CT molecular complexity index is 859. The van der Waals surface area contributed by atoms with Crippen LogP contribution in [0.15, 0.2) is 48.9 Å². The lowest BCUT2D eigenvalue weighted by molar-refractivity contribution is 0.260. The molecule has 0 saturated heterocycles. The Morgan fingerprint density at radius 2 is 1.92 bits per heavy atom. The van der Waals surface area contributed by atoms with Crippen molar-refractivity contribution in [3.8, 4) is 11.6 Å². The van der Waals surface area contributed by atoms with Gasteiger partial charge in [-0.15, -0.1) is 0 Å². The van der Waals surface area contributed by atoms with Crippen LogP contribution in [0.3, 0.4) is 0 Å². The van der Waals surface area contributed by atoms with Crippen molar-refractivity contribution in [2.45, 2.75) is 26.9 Å². The maximum absolute atomic E-state index is 5.70. The van der Waals surface area contributed by atoms with Gasteiger partial charge in [0.05, 0.1) is 43.1 Å². The minimum Gasteiger partial charge on any atom is -0.476 e. The molecule has 6 heteroatoms. The maximum atomic E-state index is 5.70. The Hall–Kier alpha value is -2.89. The van der Waals surface area contributed by atoms with E-state index in [9.17, 15) is 0 Å². The third-order valence-electron chi connectivity index (χ3n) is 4.15. The van der Waals surface area contributed by atoms with Gasteiger partial charge >= 0.3 is 0 Å². The van der Waals surface area contributed by atoms with Crippen LogP contribution in [0.5, 0.6) is 5.88 Å². The molecule has 1 aliphatic heterocycles. The lowest BCUT2D eigenvalue weighted by Crippen LogP contribution is -2.18. The second-order valence-corrected chi connectivity index (χ2v) is 6.64. The number of nitrogens with zero attached hydrogens (tertiary/aromatic N) is 5. The summed E-state index contributed by atoms with van der Waals surface area (Å²) in [6, 6.07) is 10.2. The Kier molecular flexibility index (Phi) is 4.09. The molecule has 1 aromatic carbocycles. The zero-order chi connectivity index (χ0) is 17.2. The molecule has 0 bridgehead atoms. The molecule has 0 atom stereocenters. The molecule has 1 aliphatic rings. The number of ether oxygens (including phenoxy) is 1. The van der Waals surface area contributed by atoms with Gasteiger partial charge in [0.15, 0.2) is 5.82 Å². The van der Waals surface area contributed by atoms with Crippen molar-refractivity contribution in [1.82, 2.24) is 19.7 Å². The number of rotatable bonds is 5. The highest BCUT2D eigenvalue weighted by Crippen LogP contribution is 2.29.